The first-order chi connectivity index (χ1) is 6.74. The summed E-state index contributed by atoms with van der Waals surface area (Å²) >= 11 is 0. The van der Waals surface area contributed by atoms with Crippen molar-refractivity contribution < 1.29 is 0 Å². The van der Waals surface area contributed by atoms with E-state index in [4.69, 9.17) is 0 Å². The van der Waals surface area contributed by atoms with Crippen LogP contribution in [0.1, 0.15) is 27.7 Å². The van der Waals surface area contributed by atoms with E-state index in [1.807, 2.05) is 27.7 Å². The number of hydrogen-bond donors (Lipinski definition) is 2. The molecule has 0 aromatic carbocycles. The van der Waals surface area contributed by atoms with Gasteiger partial charge in [-0.2, -0.15) is 0 Å². The first kappa shape index (κ1) is 15.0. The minimum atomic E-state index is -0.238. The Balaban J connectivity index is 0. The van der Waals surface area contributed by atoms with Crippen LogP contribution in [-0.4, -0.2) is 9.97 Å². The average Bonchev–Trinajstić information content (AvgIpc) is 2.53. The van der Waals surface area contributed by atoms with E-state index < -0.39 is 0 Å². The zero-order valence-electron chi connectivity index (χ0n) is 9.48. The number of aromatic amines is 2. The van der Waals surface area contributed by atoms with Crippen LogP contribution in [0.3, 0.4) is 0 Å². The van der Waals surface area contributed by atoms with Gasteiger partial charge in [0.2, 0.25) is 0 Å². The van der Waals surface area contributed by atoms with Crippen LogP contribution in [0.15, 0.2) is 17.4 Å². The van der Waals surface area contributed by atoms with Gasteiger partial charge < -0.3 is 9.97 Å². The van der Waals surface area contributed by atoms with Crippen molar-refractivity contribution in [2.24, 2.45) is 0 Å². The highest BCUT2D eigenvalue weighted by molar-refractivity contribution is 5.31. The molecule has 0 aliphatic rings. The van der Waals surface area contributed by atoms with Gasteiger partial charge in [0.05, 0.1) is 10.7 Å². The minimum absolute atomic E-state index is 0.238. The van der Waals surface area contributed by atoms with Crippen LogP contribution in [0.4, 0.5) is 0 Å². The standard InChI is InChI=1S/C7H8N2O.2C2H6/c1-3-4-6-5(2)8-7(10)9-6;2*1-2/h3-4H,1-2H2,(H2,8,9,10);2*1-2H3/b6-4+;;. The lowest BCUT2D eigenvalue weighted by molar-refractivity contribution is 1.17. The van der Waals surface area contributed by atoms with Crippen molar-refractivity contribution in [3.05, 3.63) is 33.8 Å². The molecule has 0 radical (unpaired) electrons. The highest BCUT2D eigenvalue weighted by Gasteiger charge is 1.83. The van der Waals surface area contributed by atoms with Gasteiger partial charge >= 0.3 is 5.69 Å². The maximum atomic E-state index is 10.6. The topological polar surface area (TPSA) is 48.6 Å². The van der Waals surface area contributed by atoms with E-state index in [0.29, 0.717) is 10.7 Å². The Morgan fingerprint density at radius 2 is 1.64 bits per heavy atom. The molecule has 1 aromatic rings. The maximum Gasteiger partial charge on any atom is 0.323 e. The Hall–Kier alpha value is -1.51. The number of hydrogen-bond acceptors (Lipinski definition) is 1. The number of H-pyrrole nitrogens is 2. The smallest absolute Gasteiger partial charge is 0.306 e. The summed E-state index contributed by atoms with van der Waals surface area (Å²) in [4.78, 5) is 15.6. The van der Waals surface area contributed by atoms with Gasteiger partial charge in [0.25, 0.3) is 0 Å². The highest BCUT2D eigenvalue weighted by Crippen LogP contribution is 1.57. The molecule has 0 amide bonds. The molecule has 0 saturated heterocycles. The largest absolute Gasteiger partial charge is 0.323 e. The minimum Gasteiger partial charge on any atom is -0.306 e. The summed E-state index contributed by atoms with van der Waals surface area (Å²) in [5, 5.41) is 1.27. The zero-order chi connectivity index (χ0) is 11.6. The highest BCUT2D eigenvalue weighted by atomic mass is 16.1. The quantitative estimate of drug-likeness (QED) is 0.695. The summed E-state index contributed by atoms with van der Waals surface area (Å²) in [6.07, 6.45) is 3.27. The van der Waals surface area contributed by atoms with E-state index in [1.54, 1.807) is 12.2 Å². The molecule has 3 heteroatoms. The molecule has 0 fully saturated rings. The summed E-state index contributed by atoms with van der Waals surface area (Å²) in [7, 11) is 0. The normalized spacial score (nSPS) is 9.29. The average molecular weight is 196 g/mol. The molecule has 14 heavy (non-hydrogen) atoms. The van der Waals surface area contributed by atoms with Gasteiger partial charge in [-0.25, -0.2) is 4.79 Å². The molecule has 3 nitrogen and oxygen atoms in total. The maximum absolute atomic E-state index is 10.6. The second-order valence-corrected chi connectivity index (χ2v) is 1.87. The van der Waals surface area contributed by atoms with Crippen LogP contribution in [0, 0.1) is 0 Å². The van der Waals surface area contributed by atoms with Crippen molar-refractivity contribution in [1.82, 2.24) is 9.97 Å². The number of imidazole rings is 1. The molecule has 2 N–H and O–H groups in total. The van der Waals surface area contributed by atoms with E-state index in [1.165, 1.54) is 0 Å². The van der Waals surface area contributed by atoms with Gasteiger partial charge in [-0.05, 0) is 6.08 Å². The van der Waals surface area contributed by atoms with Crippen LogP contribution in [0.5, 0.6) is 0 Å². The van der Waals surface area contributed by atoms with Crippen LogP contribution in [-0.2, 0) is 0 Å². The Labute approximate surface area is 84.9 Å². The van der Waals surface area contributed by atoms with Crippen LogP contribution in [0.2, 0.25) is 0 Å². The molecule has 0 unspecified atom stereocenters. The molecule has 0 atom stereocenters. The lowest BCUT2D eigenvalue weighted by atomic mass is 10.5. The predicted octanol–water partition coefficient (Wildman–Crippen LogP) is 1.13. The van der Waals surface area contributed by atoms with Crippen LogP contribution in [0.25, 0.3) is 12.7 Å². The zero-order valence-corrected chi connectivity index (χ0v) is 9.48. The van der Waals surface area contributed by atoms with Crippen molar-refractivity contribution >= 4 is 12.7 Å². The third-order valence-electron chi connectivity index (χ3n) is 1.12. The van der Waals surface area contributed by atoms with E-state index >= 15 is 0 Å². The van der Waals surface area contributed by atoms with Gasteiger partial charge in [0, 0.05) is 0 Å². The van der Waals surface area contributed by atoms with Gasteiger partial charge in [-0.1, -0.05) is 46.9 Å². The second-order valence-electron chi connectivity index (χ2n) is 1.87. The molecule has 1 heterocycles. The van der Waals surface area contributed by atoms with E-state index in [9.17, 15) is 4.79 Å². The Bertz CT molecular complexity index is 384. The Kier molecular flexibility index (Phi) is 10.3. The van der Waals surface area contributed by atoms with Crippen molar-refractivity contribution in [2.75, 3.05) is 0 Å². The molecule has 1 rings (SSSR count). The summed E-state index contributed by atoms with van der Waals surface area (Å²) < 4.78 is 0. The fourth-order valence-corrected chi connectivity index (χ4v) is 0.693. The molecule has 0 saturated carbocycles. The van der Waals surface area contributed by atoms with Crippen LogP contribution < -0.4 is 16.4 Å². The number of rotatable bonds is 1. The molecule has 0 spiro atoms. The molecule has 80 valence electrons. The van der Waals surface area contributed by atoms with Gasteiger partial charge in [0.1, 0.15) is 0 Å². The Morgan fingerprint density at radius 1 is 1.14 bits per heavy atom. The molecule has 0 bridgehead atoms. The number of aromatic nitrogens is 2. The summed E-state index contributed by atoms with van der Waals surface area (Å²) in [5.41, 5.74) is -0.238. The lowest BCUT2D eigenvalue weighted by Gasteiger charge is -1.69. The molecule has 1 aromatic heterocycles. The summed E-state index contributed by atoms with van der Waals surface area (Å²) in [6.45, 7) is 15.1. The van der Waals surface area contributed by atoms with Gasteiger partial charge in [-0.15, -0.1) is 0 Å². The monoisotopic (exact) mass is 196 g/mol. The lowest BCUT2D eigenvalue weighted by Crippen LogP contribution is -2.21. The van der Waals surface area contributed by atoms with Crippen molar-refractivity contribution in [3.63, 3.8) is 0 Å². The van der Waals surface area contributed by atoms with Gasteiger partial charge in [-0.3, -0.25) is 0 Å². The Morgan fingerprint density at radius 3 is 1.93 bits per heavy atom. The third-order valence-corrected chi connectivity index (χ3v) is 1.12. The fraction of sp³-hybridized carbons (Fsp3) is 0.364. The van der Waals surface area contributed by atoms with Crippen molar-refractivity contribution in [1.29, 1.82) is 0 Å². The van der Waals surface area contributed by atoms with E-state index in [2.05, 4.69) is 23.1 Å². The van der Waals surface area contributed by atoms with Crippen LogP contribution >= 0.6 is 0 Å². The summed E-state index contributed by atoms with van der Waals surface area (Å²) in [5.74, 6) is 0. The molecular weight excluding hydrogens is 176 g/mol. The SMILES string of the molecule is C=C/C=c1/[nH]c(=O)[nH]c1=C.CC.CC. The number of allylic oxidation sites excluding steroid dienone is 1. The second kappa shape index (κ2) is 9.58. The van der Waals surface area contributed by atoms with Crippen molar-refractivity contribution in [3.8, 4) is 0 Å². The summed E-state index contributed by atoms with van der Waals surface area (Å²) in [6, 6.07) is 0. The molecule has 0 aliphatic heterocycles. The number of nitrogens with one attached hydrogen (secondary N) is 2. The van der Waals surface area contributed by atoms with E-state index in [0.717, 1.165) is 0 Å². The first-order valence-corrected chi connectivity index (χ1v) is 4.84. The molecular formula is C11H20N2O. The fourth-order valence-electron chi connectivity index (χ4n) is 0.693. The molecule has 0 aliphatic carbocycles. The third kappa shape index (κ3) is 5.19. The van der Waals surface area contributed by atoms with E-state index in [-0.39, 0.29) is 5.69 Å². The predicted molar refractivity (Wildman–Crippen MR) is 63.5 cm³/mol. The van der Waals surface area contributed by atoms with Crippen molar-refractivity contribution in [2.45, 2.75) is 27.7 Å². The first-order valence-electron chi connectivity index (χ1n) is 4.84. The van der Waals surface area contributed by atoms with Gasteiger partial charge in [0.15, 0.2) is 0 Å².